The van der Waals surface area contributed by atoms with Crippen molar-refractivity contribution in [2.45, 2.75) is 38.8 Å². The topological polar surface area (TPSA) is 38.5 Å². The van der Waals surface area contributed by atoms with Gasteiger partial charge in [-0.15, -0.1) is 0 Å². The van der Waals surface area contributed by atoms with Gasteiger partial charge in [0.25, 0.3) is 0 Å². The first-order valence-electron chi connectivity index (χ1n) is 5.62. The van der Waals surface area contributed by atoms with Crippen molar-refractivity contribution in [2.24, 2.45) is 11.7 Å². The highest BCUT2D eigenvalue weighted by atomic mass is 16.5. The molecule has 0 aliphatic carbocycles. The summed E-state index contributed by atoms with van der Waals surface area (Å²) in [5.74, 6) is 0.833. The Kier molecular flexibility index (Phi) is 4.85. The molecular formula is C11H24N2O. The number of nitrogens with two attached hydrogens (primary N) is 1. The summed E-state index contributed by atoms with van der Waals surface area (Å²) < 4.78 is 5.03. The third kappa shape index (κ3) is 3.56. The molecule has 3 unspecified atom stereocenters. The molecule has 0 aromatic rings. The first-order valence-corrected chi connectivity index (χ1v) is 5.62. The van der Waals surface area contributed by atoms with Gasteiger partial charge in [0.05, 0.1) is 0 Å². The van der Waals surface area contributed by atoms with Gasteiger partial charge >= 0.3 is 0 Å². The second kappa shape index (κ2) is 5.69. The first kappa shape index (κ1) is 12.0. The fourth-order valence-corrected chi connectivity index (χ4v) is 2.30. The number of hydrogen-bond donors (Lipinski definition) is 1. The van der Waals surface area contributed by atoms with Crippen molar-refractivity contribution in [3.63, 3.8) is 0 Å². The fraction of sp³-hybridized carbons (Fsp3) is 1.00. The van der Waals surface area contributed by atoms with Gasteiger partial charge in [0.1, 0.15) is 0 Å². The van der Waals surface area contributed by atoms with Gasteiger partial charge in [-0.25, -0.2) is 0 Å². The quantitative estimate of drug-likeness (QED) is 0.722. The van der Waals surface area contributed by atoms with Crippen LogP contribution in [0.5, 0.6) is 0 Å². The van der Waals surface area contributed by atoms with E-state index in [0.29, 0.717) is 6.04 Å². The third-order valence-electron chi connectivity index (χ3n) is 3.07. The summed E-state index contributed by atoms with van der Waals surface area (Å²) in [6, 6.07) is 0.973. The molecule has 1 saturated heterocycles. The van der Waals surface area contributed by atoms with E-state index in [2.05, 4.69) is 18.7 Å². The summed E-state index contributed by atoms with van der Waals surface area (Å²) in [6.07, 6.45) is 2.28. The molecule has 84 valence electrons. The highest BCUT2D eigenvalue weighted by Crippen LogP contribution is 2.22. The Morgan fingerprint density at radius 2 is 2.21 bits per heavy atom. The molecule has 3 heteroatoms. The minimum Gasteiger partial charge on any atom is -0.385 e. The molecule has 1 heterocycles. The average Bonchev–Trinajstić information content (AvgIpc) is 2.42. The SMILES string of the molecule is COCCC(N)CN1CC(C)CC1C. The molecule has 1 fully saturated rings. The molecule has 3 atom stereocenters. The van der Waals surface area contributed by atoms with E-state index >= 15 is 0 Å². The lowest BCUT2D eigenvalue weighted by atomic mass is 10.1. The van der Waals surface area contributed by atoms with Crippen LogP contribution in [0.2, 0.25) is 0 Å². The van der Waals surface area contributed by atoms with E-state index in [9.17, 15) is 0 Å². The highest BCUT2D eigenvalue weighted by Gasteiger charge is 2.26. The molecule has 0 saturated carbocycles. The number of rotatable bonds is 5. The normalized spacial score (nSPS) is 30.9. The van der Waals surface area contributed by atoms with Crippen LogP contribution in [-0.2, 0) is 4.74 Å². The van der Waals surface area contributed by atoms with Crippen molar-refractivity contribution >= 4 is 0 Å². The summed E-state index contributed by atoms with van der Waals surface area (Å²) in [5.41, 5.74) is 6.03. The predicted molar refractivity (Wildman–Crippen MR) is 59.3 cm³/mol. The van der Waals surface area contributed by atoms with Crippen molar-refractivity contribution in [1.29, 1.82) is 0 Å². The molecule has 0 radical (unpaired) electrons. The summed E-state index contributed by atoms with van der Waals surface area (Å²) in [7, 11) is 1.73. The monoisotopic (exact) mass is 200 g/mol. The molecule has 0 aromatic heterocycles. The van der Waals surface area contributed by atoms with E-state index in [1.165, 1.54) is 13.0 Å². The van der Waals surface area contributed by atoms with Crippen LogP contribution in [-0.4, -0.2) is 43.8 Å². The van der Waals surface area contributed by atoms with E-state index in [1.807, 2.05) is 0 Å². The summed E-state index contributed by atoms with van der Waals surface area (Å²) in [4.78, 5) is 2.50. The molecule has 1 aliphatic heterocycles. The molecule has 0 amide bonds. The summed E-state index contributed by atoms with van der Waals surface area (Å²) >= 11 is 0. The number of likely N-dealkylation sites (tertiary alicyclic amines) is 1. The second-order valence-corrected chi connectivity index (χ2v) is 4.69. The van der Waals surface area contributed by atoms with Crippen LogP contribution in [0, 0.1) is 5.92 Å². The Morgan fingerprint density at radius 3 is 2.71 bits per heavy atom. The molecule has 1 rings (SSSR count). The maximum Gasteiger partial charge on any atom is 0.0477 e. The summed E-state index contributed by atoms with van der Waals surface area (Å²) in [5, 5.41) is 0. The van der Waals surface area contributed by atoms with E-state index in [0.717, 1.165) is 25.5 Å². The van der Waals surface area contributed by atoms with Crippen LogP contribution in [0.25, 0.3) is 0 Å². The van der Waals surface area contributed by atoms with Gasteiger partial charge in [0, 0.05) is 38.9 Å². The van der Waals surface area contributed by atoms with E-state index < -0.39 is 0 Å². The van der Waals surface area contributed by atoms with Crippen LogP contribution in [0.15, 0.2) is 0 Å². The Hall–Kier alpha value is -0.120. The maximum absolute atomic E-state index is 6.03. The van der Waals surface area contributed by atoms with Crippen molar-refractivity contribution in [3.05, 3.63) is 0 Å². The maximum atomic E-state index is 6.03. The third-order valence-corrected chi connectivity index (χ3v) is 3.07. The Morgan fingerprint density at radius 1 is 1.50 bits per heavy atom. The lowest BCUT2D eigenvalue weighted by Crippen LogP contribution is -2.39. The molecule has 0 aromatic carbocycles. The van der Waals surface area contributed by atoms with Gasteiger partial charge in [0.15, 0.2) is 0 Å². The summed E-state index contributed by atoms with van der Waals surface area (Å²) in [6.45, 7) is 7.62. The lowest BCUT2D eigenvalue weighted by Gasteiger charge is -2.24. The molecule has 14 heavy (non-hydrogen) atoms. The predicted octanol–water partition coefficient (Wildman–Crippen LogP) is 1.08. The van der Waals surface area contributed by atoms with Gasteiger partial charge in [-0.2, -0.15) is 0 Å². The van der Waals surface area contributed by atoms with Crippen molar-refractivity contribution in [1.82, 2.24) is 4.90 Å². The van der Waals surface area contributed by atoms with Gasteiger partial charge in [-0.05, 0) is 25.7 Å². The highest BCUT2D eigenvalue weighted by molar-refractivity contribution is 4.82. The van der Waals surface area contributed by atoms with Crippen molar-refractivity contribution in [2.75, 3.05) is 26.8 Å². The smallest absolute Gasteiger partial charge is 0.0477 e. The number of hydrogen-bond acceptors (Lipinski definition) is 3. The zero-order valence-corrected chi connectivity index (χ0v) is 9.70. The Balaban J connectivity index is 2.22. The second-order valence-electron chi connectivity index (χ2n) is 4.69. The van der Waals surface area contributed by atoms with Crippen LogP contribution >= 0.6 is 0 Å². The van der Waals surface area contributed by atoms with Gasteiger partial charge in [0.2, 0.25) is 0 Å². The fourth-order valence-electron chi connectivity index (χ4n) is 2.30. The van der Waals surface area contributed by atoms with Crippen molar-refractivity contribution in [3.8, 4) is 0 Å². The number of methoxy groups -OCH3 is 1. The van der Waals surface area contributed by atoms with E-state index in [4.69, 9.17) is 10.5 Å². The standard InChI is InChI=1S/C11H24N2O/c1-9-6-10(2)13(7-9)8-11(12)4-5-14-3/h9-11H,4-8,12H2,1-3H3. The first-order chi connectivity index (χ1) is 6.63. The Labute approximate surface area is 87.6 Å². The van der Waals surface area contributed by atoms with E-state index in [-0.39, 0.29) is 6.04 Å². The minimum absolute atomic E-state index is 0.266. The Bertz CT molecular complexity index is 163. The zero-order chi connectivity index (χ0) is 10.6. The van der Waals surface area contributed by atoms with Crippen molar-refractivity contribution < 1.29 is 4.74 Å². The zero-order valence-electron chi connectivity index (χ0n) is 9.70. The minimum atomic E-state index is 0.266. The molecule has 0 bridgehead atoms. The van der Waals surface area contributed by atoms with E-state index in [1.54, 1.807) is 7.11 Å². The number of ether oxygens (including phenoxy) is 1. The molecule has 0 spiro atoms. The van der Waals surface area contributed by atoms with Gasteiger partial charge in [-0.1, -0.05) is 6.92 Å². The largest absolute Gasteiger partial charge is 0.385 e. The molecular weight excluding hydrogens is 176 g/mol. The molecule has 3 nitrogen and oxygen atoms in total. The number of nitrogens with zero attached hydrogens (tertiary/aromatic N) is 1. The van der Waals surface area contributed by atoms with Crippen LogP contribution < -0.4 is 5.73 Å². The van der Waals surface area contributed by atoms with Gasteiger partial charge < -0.3 is 10.5 Å². The lowest BCUT2D eigenvalue weighted by molar-refractivity contribution is 0.173. The molecule has 1 aliphatic rings. The van der Waals surface area contributed by atoms with Gasteiger partial charge in [-0.3, -0.25) is 4.90 Å². The molecule has 2 N–H and O–H groups in total. The van der Waals surface area contributed by atoms with Crippen LogP contribution in [0.4, 0.5) is 0 Å². The van der Waals surface area contributed by atoms with Crippen LogP contribution in [0.3, 0.4) is 0 Å². The van der Waals surface area contributed by atoms with Crippen LogP contribution in [0.1, 0.15) is 26.7 Å². The average molecular weight is 200 g/mol.